The summed E-state index contributed by atoms with van der Waals surface area (Å²) < 4.78 is 0. The highest BCUT2D eigenvalue weighted by Crippen LogP contribution is 2.24. The maximum atomic E-state index is 12.6. The zero-order chi connectivity index (χ0) is 15.6. The molecule has 1 N–H and O–H groups in total. The van der Waals surface area contributed by atoms with Gasteiger partial charge in [-0.1, -0.05) is 30.3 Å². The molecule has 4 heteroatoms. The van der Waals surface area contributed by atoms with E-state index in [4.69, 9.17) is 0 Å². The second-order valence-corrected chi connectivity index (χ2v) is 7.13. The lowest BCUT2D eigenvalue weighted by molar-refractivity contribution is -0.138. The molecule has 2 saturated heterocycles. The Labute approximate surface area is 133 Å². The van der Waals surface area contributed by atoms with Gasteiger partial charge in [-0.2, -0.15) is 0 Å². The van der Waals surface area contributed by atoms with Gasteiger partial charge in [-0.05, 0) is 38.8 Å². The van der Waals surface area contributed by atoms with Crippen LogP contribution in [0, 0.1) is 0 Å². The van der Waals surface area contributed by atoms with E-state index in [0.29, 0.717) is 5.91 Å². The van der Waals surface area contributed by atoms with Gasteiger partial charge in [0.1, 0.15) is 0 Å². The molecule has 22 heavy (non-hydrogen) atoms. The number of nitrogens with one attached hydrogen (secondary N) is 1. The van der Waals surface area contributed by atoms with Crippen LogP contribution in [0.1, 0.15) is 32.3 Å². The fraction of sp³-hybridized carbons (Fsp3) is 0.611. The third kappa shape index (κ3) is 3.33. The van der Waals surface area contributed by atoms with Crippen LogP contribution in [-0.4, -0.2) is 53.5 Å². The van der Waals surface area contributed by atoms with E-state index in [1.54, 1.807) is 0 Å². The lowest BCUT2D eigenvalue weighted by atomic mass is 9.97. The predicted octanol–water partition coefficient (Wildman–Crippen LogP) is 1.86. The van der Waals surface area contributed by atoms with Crippen LogP contribution in [0.4, 0.5) is 0 Å². The Morgan fingerprint density at radius 1 is 1.27 bits per heavy atom. The van der Waals surface area contributed by atoms with Crippen LogP contribution in [0.5, 0.6) is 0 Å². The van der Waals surface area contributed by atoms with E-state index < -0.39 is 0 Å². The van der Waals surface area contributed by atoms with E-state index in [2.05, 4.69) is 59.3 Å². The summed E-state index contributed by atoms with van der Waals surface area (Å²) in [6.07, 6.45) is 2.11. The van der Waals surface area contributed by atoms with Crippen LogP contribution in [0.25, 0.3) is 0 Å². The van der Waals surface area contributed by atoms with Gasteiger partial charge in [0.25, 0.3) is 0 Å². The molecule has 2 fully saturated rings. The standard InChI is InChI=1S/C18H27N3O/c1-18(2)14-20(17(22)16-9-6-10-19-16)11-12-21(18)13-15-7-4-3-5-8-15/h3-5,7-8,16,19H,6,9-14H2,1-2H3/t16-/m0/s1. The molecule has 2 aliphatic heterocycles. The summed E-state index contributed by atoms with van der Waals surface area (Å²) in [5.41, 5.74) is 1.36. The Balaban J connectivity index is 1.63. The third-order valence-electron chi connectivity index (χ3n) is 4.96. The van der Waals surface area contributed by atoms with Gasteiger partial charge in [-0.25, -0.2) is 0 Å². The molecule has 0 bridgehead atoms. The summed E-state index contributed by atoms with van der Waals surface area (Å²) in [6, 6.07) is 10.6. The highest BCUT2D eigenvalue weighted by atomic mass is 16.2. The molecular formula is C18H27N3O. The van der Waals surface area contributed by atoms with Gasteiger partial charge >= 0.3 is 0 Å². The molecule has 1 aromatic carbocycles. The van der Waals surface area contributed by atoms with Crippen molar-refractivity contribution in [3.05, 3.63) is 35.9 Å². The van der Waals surface area contributed by atoms with Gasteiger partial charge < -0.3 is 10.2 Å². The summed E-state index contributed by atoms with van der Waals surface area (Å²) in [7, 11) is 0. The zero-order valence-corrected chi connectivity index (χ0v) is 13.7. The Hall–Kier alpha value is -1.39. The SMILES string of the molecule is CC1(C)CN(C(=O)[C@@H]2CCCN2)CCN1Cc1ccccc1. The van der Waals surface area contributed by atoms with E-state index in [1.807, 2.05) is 0 Å². The lowest BCUT2D eigenvalue weighted by Gasteiger charge is -2.47. The molecule has 2 heterocycles. The highest BCUT2D eigenvalue weighted by molar-refractivity contribution is 5.82. The lowest BCUT2D eigenvalue weighted by Crippen LogP contribution is -2.61. The smallest absolute Gasteiger partial charge is 0.239 e. The minimum absolute atomic E-state index is 0.0162. The molecule has 0 saturated carbocycles. The fourth-order valence-corrected chi connectivity index (χ4v) is 3.59. The summed E-state index contributed by atoms with van der Waals surface area (Å²) in [6.45, 7) is 9.03. The van der Waals surface area contributed by atoms with E-state index in [9.17, 15) is 4.79 Å². The van der Waals surface area contributed by atoms with Crippen LogP contribution >= 0.6 is 0 Å². The fourth-order valence-electron chi connectivity index (χ4n) is 3.59. The molecule has 1 aromatic rings. The van der Waals surface area contributed by atoms with Crippen molar-refractivity contribution in [3.8, 4) is 0 Å². The molecule has 0 radical (unpaired) electrons. The van der Waals surface area contributed by atoms with Crippen LogP contribution in [0.15, 0.2) is 30.3 Å². The first-order chi connectivity index (χ1) is 10.6. The van der Waals surface area contributed by atoms with Gasteiger partial charge in [0.15, 0.2) is 0 Å². The van der Waals surface area contributed by atoms with Crippen LogP contribution in [-0.2, 0) is 11.3 Å². The topological polar surface area (TPSA) is 35.6 Å². The first kappa shape index (κ1) is 15.5. The maximum absolute atomic E-state index is 12.6. The van der Waals surface area contributed by atoms with Gasteiger partial charge in [0, 0.05) is 31.7 Å². The Kier molecular flexibility index (Phi) is 4.50. The van der Waals surface area contributed by atoms with Crippen molar-refractivity contribution < 1.29 is 4.79 Å². The van der Waals surface area contributed by atoms with Crippen LogP contribution < -0.4 is 5.32 Å². The average molecular weight is 301 g/mol. The number of benzene rings is 1. The van der Waals surface area contributed by atoms with Crippen molar-refractivity contribution >= 4 is 5.91 Å². The number of amides is 1. The van der Waals surface area contributed by atoms with Gasteiger partial charge in [-0.3, -0.25) is 9.69 Å². The van der Waals surface area contributed by atoms with Crippen LogP contribution in [0.3, 0.4) is 0 Å². The number of hydrogen-bond donors (Lipinski definition) is 1. The number of hydrogen-bond acceptors (Lipinski definition) is 3. The van der Waals surface area contributed by atoms with E-state index in [1.165, 1.54) is 5.56 Å². The molecule has 1 atom stereocenters. The Morgan fingerprint density at radius 2 is 2.05 bits per heavy atom. The van der Waals surface area contributed by atoms with Crippen molar-refractivity contribution in [1.82, 2.24) is 15.1 Å². The second kappa shape index (κ2) is 6.39. The number of carbonyl (C=O) groups excluding carboxylic acids is 1. The molecular weight excluding hydrogens is 274 g/mol. The monoisotopic (exact) mass is 301 g/mol. The minimum atomic E-state index is 0.0162. The van der Waals surface area contributed by atoms with E-state index in [-0.39, 0.29) is 11.6 Å². The highest BCUT2D eigenvalue weighted by Gasteiger charge is 2.37. The molecule has 3 rings (SSSR count). The minimum Gasteiger partial charge on any atom is -0.338 e. The predicted molar refractivity (Wildman–Crippen MR) is 88.5 cm³/mol. The number of nitrogens with zero attached hydrogens (tertiary/aromatic N) is 2. The third-order valence-corrected chi connectivity index (χ3v) is 4.96. The molecule has 1 amide bonds. The van der Waals surface area contributed by atoms with E-state index >= 15 is 0 Å². The number of piperazine rings is 1. The first-order valence-electron chi connectivity index (χ1n) is 8.37. The first-order valence-corrected chi connectivity index (χ1v) is 8.37. The van der Waals surface area contributed by atoms with Crippen molar-refractivity contribution in [2.45, 2.75) is 44.8 Å². The largest absolute Gasteiger partial charge is 0.338 e. The molecule has 0 aromatic heterocycles. The maximum Gasteiger partial charge on any atom is 0.239 e. The molecule has 4 nitrogen and oxygen atoms in total. The molecule has 2 aliphatic rings. The average Bonchev–Trinajstić information content (AvgIpc) is 3.03. The molecule has 120 valence electrons. The van der Waals surface area contributed by atoms with E-state index in [0.717, 1.165) is 45.6 Å². The normalized spacial score (nSPS) is 25.4. The number of carbonyl (C=O) groups is 1. The van der Waals surface area contributed by atoms with Crippen molar-refractivity contribution in [2.24, 2.45) is 0 Å². The van der Waals surface area contributed by atoms with Gasteiger partial charge in [0.05, 0.1) is 6.04 Å². The summed E-state index contributed by atoms with van der Waals surface area (Å²) in [5, 5.41) is 3.33. The quantitative estimate of drug-likeness (QED) is 0.926. The Bertz CT molecular complexity index is 508. The van der Waals surface area contributed by atoms with Gasteiger partial charge in [-0.15, -0.1) is 0 Å². The van der Waals surface area contributed by atoms with Gasteiger partial charge in [0.2, 0.25) is 5.91 Å². The summed E-state index contributed by atoms with van der Waals surface area (Å²) >= 11 is 0. The zero-order valence-electron chi connectivity index (χ0n) is 13.7. The van der Waals surface area contributed by atoms with Crippen molar-refractivity contribution in [2.75, 3.05) is 26.2 Å². The second-order valence-electron chi connectivity index (χ2n) is 7.13. The van der Waals surface area contributed by atoms with Crippen molar-refractivity contribution in [1.29, 1.82) is 0 Å². The molecule has 0 spiro atoms. The number of rotatable bonds is 3. The summed E-state index contributed by atoms with van der Waals surface area (Å²) in [5.74, 6) is 0.296. The van der Waals surface area contributed by atoms with Crippen molar-refractivity contribution in [3.63, 3.8) is 0 Å². The molecule has 0 unspecified atom stereocenters. The molecule has 0 aliphatic carbocycles. The summed E-state index contributed by atoms with van der Waals surface area (Å²) in [4.78, 5) is 17.2. The Morgan fingerprint density at radius 3 is 2.68 bits per heavy atom. The van der Waals surface area contributed by atoms with Crippen LogP contribution in [0.2, 0.25) is 0 Å².